The first kappa shape index (κ1) is 23.2. The van der Waals surface area contributed by atoms with Crippen LogP contribution in [0.2, 0.25) is 0 Å². The van der Waals surface area contributed by atoms with Crippen LogP contribution in [0.4, 0.5) is 5.95 Å². The number of anilines is 1. The van der Waals surface area contributed by atoms with Crippen LogP contribution in [0.25, 0.3) is 0 Å². The third-order valence-electron chi connectivity index (χ3n) is 7.13. The normalized spacial score (nSPS) is 20.7. The summed E-state index contributed by atoms with van der Waals surface area (Å²) in [5.74, 6) is 3.74. The van der Waals surface area contributed by atoms with Crippen molar-refractivity contribution in [2.45, 2.75) is 56.6 Å². The van der Waals surface area contributed by atoms with Gasteiger partial charge in [-0.25, -0.2) is 4.68 Å². The summed E-state index contributed by atoms with van der Waals surface area (Å²) in [5.41, 5.74) is 5.17. The number of nitrogens with zero attached hydrogens (tertiary/aromatic N) is 3. The van der Waals surface area contributed by atoms with Crippen molar-refractivity contribution in [3.05, 3.63) is 70.4 Å². The fourth-order valence-corrected chi connectivity index (χ4v) is 5.86. The molecule has 1 N–H and O–H groups in total. The highest BCUT2D eigenvalue weighted by Crippen LogP contribution is 2.46. The zero-order valence-electron chi connectivity index (χ0n) is 20.8. The molecule has 3 aromatic rings. The first-order valence-electron chi connectivity index (χ1n) is 12.6. The summed E-state index contributed by atoms with van der Waals surface area (Å²) in [6, 6.07) is 14.3. The molecular weight excluding hydrogens is 472 g/mol. The topological polar surface area (TPSA) is 78.3 Å². The van der Waals surface area contributed by atoms with Gasteiger partial charge in [-0.05, 0) is 52.8 Å². The second-order valence-electron chi connectivity index (χ2n) is 9.77. The third kappa shape index (κ3) is 4.07. The molecule has 0 fully saturated rings. The van der Waals surface area contributed by atoms with Crippen molar-refractivity contribution < 1.29 is 14.3 Å². The van der Waals surface area contributed by atoms with Crippen LogP contribution in [0.3, 0.4) is 0 Å². The van der Waals surface area contributed by atoms with Crippen molar-refractivity contribution >= 4 is 23.5 Å². The zero-order valence-corrected chi connectivity index (χ0v) is 21.6. The molecular formula is C28H30N4O3S. The van der Waals surface area contributed by atoms with Gasteiger partial charge in [0.05, 0.1) is 0 Å². The number of allylic oxidation sites excluding steroid dienone is 2. The van der Waals surface area contributed by atoms with Gasteiger partial charge in [0.2, 0.25) is 11.1 Å². The summed E-state index contributed by atoms with van der Waals surface area (Å²) in [7, 11) is 0. The number of Topliss-reactive ketones (excluding diaryl/α,β-unsaturated/α-hetero) is 1. The highest BCUT2D eigenvalue weighted by Gasteiger charge is 2.40. The average Bonchev–Trinajstić information content (AvgIpc) is 3.29. The van der Waals surface area contributed by atoms with E-state index < -0.39 is 0 Å². The highest BCUT2D eigenvalue weighted by atomic mass is 32.2. The van der Waals surface area contributed by atoms with Gasteiger partial charge >= 0.3 is 0 Å². The van der Waals surface area contributed by atoms with E-state index in [4.69, 9.17) is 19.6 Å². The number of nitrogens with one attached hydrogen (secondary N) is 1. The van der Waals surface area contributed by atoms with Crippen molar-refractivity contribution in [3.8, 4) is 11.5 Å². The Morgan fingerprint density at radius 1 is 1.06 bits per heavy atom. The Hall–Kier alpha value is -3.26. The molecule has 186 valence electrons. The van der Waals surface area contributed by atoms with Crippen LogP contribution in [0.5, 0.6) is 11.5 Å². The third-order valence-corrected chi connectivity index (χ3v) is 7.85. The van der Waals surface area contributed by atoms with Crippen molar-refractivity contribution in [1.82, 2.24) is 14.8 Å². The van der Waals surface area contributed by atoms with Gasteiger partial charge in [0.15, 0.2) is 17.3 Å². The van der Waals surface area contributed by atoms with Crippen LogP contribution < -0.4 is 14.8 Å². The maximum atomic E-state index is 13.8. The molecule has 1 aliphatic carbocycles. The minimum Gasteiger partial charge on any atom is -0.486 e. The largest absolute Gasteiger partial charge is 0.486 e. The Labute approximate surface area is 215 Å². The molecule has 3 heterocycles. The zero-order chi connectivity index (χ0) is 24.8. The molecule has 0 saturated heterocycles. The average molecular weight is 503 g/mol. The molecule has 2 aromatic carbocycles. The quantitative estimate of drug-likeness (QED) is 0.448. The summed E-state index contributed by atoms with van der Waals surface area (Å²) in [5, 5.41) is 8.97. The smallest absolute Gasteiger partial charge is 0.227 e. The molecule has 0 amide bonds. The van der Waals surface area contributed by atoms with E-state index in [1.165, 1.54) is 11.1 Å². The summed E-state index contributed by atoms with van der Waals surface area (Å²) < 4.78 is 13.4. The van der Waals surface area contributed by atoms with E-state index in [1.54, 1.807) is 11.8 Å². The molecule has 2 unspecified atom stereocenters. The summed E-state index contributed by atoms with van der Waals surface area (Å²) in [6.07, 6.45) is 1.23. The van der Waals surface area contributed by atoms with Gasteiger partial charge in [-0.15, -0.1) is 5.10 Å². The molecule has 36 heavy (non-hydrogen) atoms. The van der Waals surface area contributed by atoms with Gasteiger partial charge < -0.3 is 14.8 Å². The Morgan fingerprint density at radius 3 is 2.56 bits per heavy atom. The van der Waals surface area contributed by atoms with Gasteiger partial charge in [0.1, 0.15) is 19.3 Å². The van der Waals surface area contributed by atoms with Gasteiger partial charge in [0.25, 0.3) is 0 Å². The first-order chi connectivity index (χ1) is 17.5. The molecule has 3 aliphatic rings. The predicted molar refractivity (Wildman–Crippen MR) is 140 cm³/mol. The second kappa shape index (κ2) is 9.32. The van der Waals surface area contributed by atoms with E-state index in [1.807, 2.05) is 22.9 Å². The SMILES string of the molecule is CCSc1nc2n(n1)C(c1ccc3c(c1)OCCO3)C1=C(CC(c3ccc(C(C)C)cc3)CC1=O)N2. The summed E-state index contributed by atoms with van der Waals surface area (Å²) >= 11 is 1.59. The lowest BCUT2D eigenvalue weighted by Gasteiger charge is -2.35. The molecule has 0 saturated carbocycles. The van der Waals surface area contributed by atoms with E-state index in [-0.39, 0.29) is 17.7 Å². The van der Waals surface area contributed by atoms with Crippen molar-refractivity contribution in [3.63, 3.8) is 0 Å². The molecule has 1 aromatic heterocycles. The Morgan fingerprint density at radius 2 is 1.81 bits per heavy atom. The Kier molecular flexibility index (Phi) is 5.99. The van der Waals surface area contributed by atoms with Crippen LogP contribution in [0, 0.1) is 0 Å². The Bertz CT molecular complexity index is 1350. The lowest BCUT2D eigenvalue weighted by Crippen LogP contribution is -2.33. The number of hydrogen-bond acceptors (Lipinski definition) is 7. The van der Waals surface area contributed by atoms with Crippen LogP contribution >= 0.6 is 11.8 Å². The van der Waals surface area contributed by atoms with E-state index >= 15 is 0 Å². The molecule has 7 nitrogen and oxygen atoms in total. The summed E-state index contributed by atoms with van der Waals surface area (Å²) in [6.45, 7) is 7.53. The molecule has 6 rings (SSSR count). The van der Waals surface area contributed by atoms with Gasteiger partial charge in [-0.3, -0.25) is 4.79 Å². The second-order valence-corrected chi connectivity index (χ2v) is 11.0. The summed E-state index contributed by atoms with van der Waals surface area (Å²) in [4.78, 5) is 18.5. The number of fused-ring (bicyclic) bond motifs is 2. The molecule has 0 bridgehead atoms. The minimum atomic E-state index is -0.359. The maximum Gasteiger partial charge on any atom is 0.227 e. The number of carbonyl (C=O) groups excluding carboxylic acids is 1. The van der Waals surface area contributed by atoms with E-state index in [2.05, 4.69) is 50.4 Å². The lowest BCUT2D eigenvalue weighted by molar-refractivity contribution is -0.116. The van der Waals surface area contributed by atoms with Crippen molar-refractivity contribution in [1.29, 1.82) is 0 Å². The van der Waals surface area contributed by atoms with Crippen LogP contribution in [0.15, 0.2) is 58.9 Å². The number of ether oxygens (including phenoxy) is 2. The van der Waals surface area contributed by atoms with Crippen LogP contribution in [-0.4, -0.2) is 39.5 Å². The monoisotopic (exact) mass is 502 g/mol. The van der Waals surface area contributed by atoms with Crippen LogP contribution in [0.1, 0.15) is 68.2 Å². The molecule has 0 radical (unpaired) electrons. The standard InChI is InChI=1S/C28H30N4O3S/c1-4-36-28-30-27-29-21-13-20(18-7-5-17(6-8-18)16(2)3)14-22(33)25(21)26(32(27)31-28)19-9-10-23-24(15-19)35-12-11-34-23/h5-10,15-16,20,26H,4,11-14H2,1-3H3,(H,29,30,31). The van der Waals surface area contributed by atoms with Crippen molar-refractivity contribution in [2.24, 2.45) is 0 Å². The number of carbonyl (C=O) groups is 1. The number of hydrogen-bond donors (Lipinski definition) is 1. The highest BCUT2D eigenvalue weighted by molar-refractivity contribution is 7.99. The molecule has 2 aliphatic heterocycles. The number of benzene rings is 2. The van der Waals surface area contributed by atoms with E-state index in [0.29, 0.717) is 42.4 Å². The van der Waals surface area contributed by atoms with Gasteiger partial charge in [-0.1, -0.05) is 62.9 Å². The first-order valence-corrected chi connectivity index (χ1v) is 13.6. The number of ketones is 1. The van der Waals surface area contributed by atoms with Crippen molar-refractivity contribution in [2.75, 3.05) is 24.3 Å². The predicted octanol–water partition coefficient (Wildman–Crippen LogP) is 5.70. The molecule has 2 atom stereocenters. The minimum absolute atomic E-state index is 0.129. The fraction of sp³-hybridized carbons (Fsp3) is 0.393. The van der Waals surface area contributed by atoms with E-state index in [9.17, 15) is 4.79 Å². The Balaban J connectivity index is 1.41. The molecule has 8 heteroatoms. The number of thioether (sulfide) groups is 1. The fourth-order valence-electron chi connectivity index (χ4n) is 5.31. The molecule has 0 spiro atoms. The van der Waals surface area contributed by atoms with Crippen LogP contribution in [-0.2, 0) is 4.79 Å². The number of rotatable bonds is 5. The maximum absolute atomic E-state index is 13.8. The van der Waals surface area contributed by atoms with Gasteiger partial charge in [-0.2, -0.15) is 4.98 Å². The number of aromatic nitrogens is 3. The van der Waals surface area contributed by atoms with Gasteiger partial charge in [0, 0.05) is 17.7 Å². The lowest BCUT2D eigenvalue weighted by atomic mass is 9.77. The van der Waals surface area contributed by atoms with E-state index in [0.717, 1.165) is 34.8 Å².